The first-order valence-electron chi connectivity index (χ1n) is 3.92. The standard InChI is InChI=1S/C8H6ClN3O2S/c9-8-4-11-7-3-5(15(10,13)14)1-2-6(7)12-8/h1-4H,(H2,10,13,14). The molecule has 78 valence electrons. The van der Waals surface area contributed by atoms with Gasteiger partial charge in [-0.05, 0) is 18.2 Å². The van der Waals surface area contributed by atoms with E-state index in [1.165, 1.54) is 24.4 Å². The molecule has 1 aromatic heterocycles. The van der Waals surface area contributed by atoms with E-state index in [1.807, 2.05) is 0 Å². The molecule has 0 aliphatic heterocycles. The highest BCUT2D eigenvalue weighted by molar-refractivity contribution is 7.89. The maximum atomic E-state index is 11.0. The van der Waals surface area contributed by atoms with Gasteiger partial charge in [0.2, 0.25) is 10.0 Å². The van der Waals surface area contributed by atoms with Crippen LogP contribution in [0.4, 0.5) is 0 Å². The monoisotopic (exact) mass is 243 g/mol. The Labute approximate surface area is 91.0 Å². The molecule has 1 aromatic carbocycles. The second kappa shape index (κ2) is 3.41. The molecule has 0 atom stereocenters. The molecule has 0 saturated heterocycles. The van der Waals surface area contributed by atoms with Gasteiger partial charge in [0.15, 0.2) is 0 Å². The summed E-state index contributed by atoms with van der Waals surface area (Å²) in [7, 11) is -3.71. The Bertz CT molecular complexity index is 627. The van der Waals surface area contributed by atoms with E-state index >= 15 is 0 Å². The molecule has 0 radical (unpaired) electrons. The van der Waals surface area contributed by atoms with Crippen LogP contribution < -0.4 is 5.14 Å². The first-order valence-corrected chi connectivity index (χ1v) is 5.84. The van der Waals surface area contributed by atoms with Gasteiger partial charge in [-0.2, -0.15) is 0 Å². The number of fused-ring (bicyclic) bond motifs is 1. The molecule has 5 nitrogen and oxygen atoms in total. The summed E-state index contributed by atoms with van der Waals surface area (Å²) in [5.41, 5.74) is 0.959. The predicted molar refractivity (Wildman–Crippen MR) is 55.9 cm³/mol. The van der Waals surface area contributed by atoms with Crippen molar-refractivity contribution in [2.75, 3.05) is 0 Å². The number of aromatic nitrogens is 2. The van der Waals surface area contributed by atoms with Crippen LogP contribution in [0, 0.1) is 0 Å². The van der Waals surface area contributed by atoms with E-state index in [0.717, 1.165) is 0 Å². The molecule has 2 aromatic rings. The lowest BCUT2D eigenvalue weighted by Crippen LogP contribution is -2.11. The zero-order valence-corrected chi connectivity index (χ0v) is 8.96. The van der Waals surface area contributed by atoms with E-state index in [4.69, 9.17) is 16.7 Å². The molecule has 0 saturated carbocycles. The van der Waals surface area contributed by atoms with Crippen LogP contribution >= 0.6 is 11.6 Å². The summed E-state index contributed by atoms with van der Waals surface area (Å²) >= 11 is 5.63. The first-order chi connectivity index (χ1) is 6.97. The molecule has 0 amide bonds. The zero-order chi connectivity index (χ0) is 11.1. The van der Waals surface area contributed by atoms with Gasteiger partial charge in [0.05, 0.1) is 22.1 Å². The Morgan fingerprint density at radius 1 is 1.27 bits per heavy atom. The van der Waals surface area contributed by atoms with E-state index in [1.54, 1.807) is 0 Å². The van der Waals surface area contributed by atoms with Crippen molar-refractivity contribution in [3.8, 4) is 0 Å². The van der Waals surface area contributed by atoms with Crippen LogP contribution in [-0.2, 0) is 10.0 Å². The number of nitrogens with two attached hydrogens (primary N) is 1. The van der Waals surface area contributed by atoms with Crippen molar-refractivity contribution in [3.05, 3.63) is 29.5 Å². The molecule has 15 heavy (non-hydrogen) atoms. The summed E-state index contributed by atoms with van der Waals surface area (Å²) in [5.74, 6) is 0. The molecule has 2 N–H and O–H groups in total. The fourth-order valence-electron chi connectivity index (χ4n) is 1.14. The van der Waals surface area contributed by atoms with Gasteiger partial charge in [-0.1, -0.05) is 11.6 Å². The van der Waals surface area contributed by atoms with Gasteiger partial charge < -0.3 is 0 Å². The maximum absolute atomic E-state index is 11.0. The molecule has 0 spiro atoms. The molecule has 0 aliphatic rings. The predicted octanol–water partition coefficient (Wildman–Crippen LogP) is 0.931. The molecule has 1 heterocycles. The highest BCUT2D eigenvalue weighted by Gasteiger charge is 2.09. The second-order valence-corrected chi connectivity index (χ2v) is 4.84. The SMILES string of the molecule is NS(=O)(=O)c1ccc2nc(Cl)cnc2c1. The minimum absolute atomic E-state index is 0.00613. The van der Waals surface area contributed by atoms with Crippen molar-refractivity contribution in [1.82, 2.24) is 9.97 Å². The van der Waals surface area contributed by atoms with Crippen molar-refractivity contribution in [2.24, 2.45) is 5.14 Å². The number of primary sulfonamides is 1. The van der Waals surface area contributed by atoms with Gasteiger partial charge in [-0.3, -0.25) is 4.98 Å². The van der Waals surface area contributed by atoms with E-state index < -0.39 is 10.0 Å². The summed E-state index contributed by atoms with van der Waals surface area (Å²) < 4.78 is 22.1. The molecule has 0 unspecified atom stereocenters. The van der Waals surface area contributed by atoms with Crippen molar-refractivity contribution < 1.29 is 8.42 Å². The molecular weight excluding hydrogens is 238 g/mol. The number of rotatable bonds is 1. The fourth-order valence-corrected chi connectivity index (χ4v) is 1.82. The quantitative estimate of drug-likeness (QED) is 0.807. The number of hydrogen-bond donors (Lipinski definition) is 1. The van der Waals surface area contributed by atoms with Crippen molar-refractivity contribution >= 4 is 32.7 Å². The van der Waals surface area contributed by atoms with Crippen LogP contribution in [0.1, 0.15) is 0 Å². The van der Waals surface area contributed by atoms with Gasteiger partial charge in [-0.25, -0.2) is 18.5 Å². The molecule has 2 rings (SSSR count). The lowest BCUT2D eigenvalue weighted by atomic mass is 10.3. The highest BCUT2D eigenvalue weighted by Crippen LogP contribution is 2.16. The van der Waals surface area contributed by atoms with E-state index in [9.17, 15) is 8.42 Å². The third-order valence-corrected chi connectivity index (χ3v) is 2.91. The summed E-state index contributed by atoms with van der Waals surface area (Å²) in [6, 6.07) is 4.23. The average Bonchev–Trinajstić information content (AvgIpc) is 2.15. The van der Waals surface area contributed by atoms with Crippen LogP contribution in [-0.4, -0.2) is 18.4 Å². The lowest BCUT2D eigenvalue weighted by Gasteiger charge is -2.00. The largest absolute Gasteiger partial charge is 0.251 e. The number of benzene rings is 1. The van der Waals surface area contributed by atoms with Crippen molar-refractivity contribution in [1.29, 1.82) is 0 Å². The molecular formula is C8H6ClN3O2S. The van der Waals surface area contributed by atoms with Crippen molar-refractivity contribution in [2.45, 2.75) is 4.90 Å². The first kappa shape index (κ1) is 10.3. The van der Waals surface area contributed by atoms with Crippen LogP contribution in [0.15, 0.2) is 29.3 Å². The fraction of sp³-hybridized carbons (Fsp3) is 0. The van der Waals surface area contributed by atoms with E-state index in [2.05, 4.69) is 9.97 Å². The number of halogens is 1. The highest BCUT2D eigenvalue weighted by atomic mass is 35.5. The summed E-state index contributed by atoms with van der Waals surface area (Å²) in [5, 5.41) is 5.23. The number of hydrogen-bond acceptors (Lipinski definition) is 4. The number of sulfonamides is 1. The van der Waals surface area contributed by atoms with Crippen LogP contribution in [0.25, 0.3) is 11.0 Å². The van der Waals surface area contributed by atoms with E-state index in [-0.39, 0.29) is 10.0 Å². The van der Waals surface area contributed by atoms with E-state index in [0.29, 0.717) is 11.0 Å². The van der Waals surface area contributed by atoms with Crippen LogP contribution in [0.2, 0.25) is 5.15 Å². The minimum Gasteiger partial charge on any atom is -0.251 e. The Hall–Kier alpha value is -1.24. The lowest BCUT2D eigenvalue weighted by molar-refractivity contribution is 0.598. The normalized spacial score (nSPS) is 11.9. The van der Waals surface area contributed by atoms with Gasteiger partial charge in [-0.15, -0.1) is 0 Å². The van der Waals surface area contributed by atoms with Gasteiger partial charge >= 0.3 is 0 Å². The number of nitrogens with zero attached hydrogens (tertiary/aromatic N) is 2. The third-order valence-electron chi connectivity index (χ3n) is 1.81. The minimum atomic E-state index is -3.71. The molecule has 0 bridgehead atoms. The van der Waals surface area contributed by atoms with Gasteiger partial charge in [0.25, 0.3) is 0 Å². The molecule has 0 fully saturated rings. The van der Waals surface area contributed by atoms with Gasteiger partial charge in [0, 0.05) is 0 Å². The zero-order valence-electron chi connectivity index (χ0n) is 7.38. The Morgan fingerprint density at radius 2 is 2.00 bits per heavy atom. The summed E-state index contributed by atoms with van der Waals surface area (Å²) in [4.78, 5) is 7.91. The third kappa shape index (κ3) is 2.06. The Morgan fingerprint density at radius 3 is 2.67 bits per heavy atom. The maximum Gasteiger partial charge on any atom is 0.238 e. The topological polar surface area (TPSA) is 85.9 Å². The van der Waals surface area contributed by atoms with Crippen LogP contribution in [0.5, 0.6) is 0 Å². The Balaban J connectivity index is 2.73. The summed E-state index contributed by atoms with van der Waals surface area (Å²) in [6.07, 6.45) is 1.34. The van der Waals surface area contributed by atoms with Crippen molar-refractivity contribution in [3.63, 3.8) is 0 Å². The van der Waals surface area contributed by atoms with Crippen LogP contribution in [0.3, 0.4) is 0 Å². The Kier molecular flexibility index (Phi) is 2.34. The van der Waals surface area contributed by atoms with Gasteiger partial charge in [0.1, 0.15) is 5.15 Å². The molecule has 0 aliphatic carbocycles. The second-order valence-electron chi connectivity index (χ2n) is 2.89. The summed E-state index contributed by atoms with van der Waals surface area (Å²) in [6.45, 7) is 0. The smallest absolute Gasteiger partial charge is 0.238 e. The average molecular weight is 244 g/mol. The molecule has 7 heteroatoms.